The van der Waals surface area contributed by atoms with Gasteiger partial charge in [-0.15, -0.1) is 0 Å². The molecule has 1 atom stereocenters. The molecule has 0 fully saturated rings. The maximum Gasteiger partial charge on any atom is 0.265 e. The van der Waals surface area contributed by atoms with E-state index < -0.39 is 16.1 Å². The molecule has 0 radical (unpaired) electrons. The minimum atomic E-state index is -3.96. The van der Waals surface area contributed by atoms with Gasteiger partial charge in [-0.3, -0.25) is 9.10 Å². The highest BCUT2D eigenvalue weighted by Crippen LogP contribution is 2.39. The van der Waals surface area contributed by atoms with Crippen molar-refractivity contribution < 1.29 is 22.7 Å². The van der Waals surface area contributed by atoms with Gasteiger partial charge < -0.3 is 14.8 Å². The van der Waals surface area contributed by atoms with Crippen LogP contribution in [0.3, 0.4) is 0 Å². The molecule has 7 nitrogen and oxygen atoms in total. The SMILES string of the molecule is CCNC(=O)[C@@H]1Cc2ccccc2N1S(=O)(=O)c1ccc2c(c1)OCCO2. The molecular formula is C19H20N2O5S. The number of likely N-dealkylation sites (N-methyl/N-ethyl adjacent to an activating group) is 1. The number of carbonyl (C=O) groups is 1. The summed E-state index contributed by atoms with van der Waals surface area (Å²) in [7, 11) is -3.96. The third-order valence-electron chi connectivity index (χ3n) is 4.65. The van der Waals surface area contributed by atoms with E-state index >= 15 is 0 Å². The Bertz CT molecular complexity index is 989. The van der Waals surface area contributed by atoms with E-state index in [4.69, 9.17) is 9.47 Å². The zero-order chi connectivity index (χ0) is 19.0. The molecule has 2 aromatic rings. The van der Waals surface area contributed by atoms with Crippen molar-refractivity contribution in [3.63, 3.8) is 0 Å². The predicted octanol–water partition coefficient (Wildman–Crippen LogP) is 1.71. The van der Waals surface area contributed by atoms with Crippen LogP contribution in [0.2, 0.25) is 0 Å². The summed E-state index contributed by atoms with van der Waals surface area (Å²) in [6.45, 7) is 3.03. The molecule has 1 amide bonds. The van der Waals surface area contributed by atoms with Crippen LogP contribution in [0.4, 0.5) is 5.69 Å². The van der Waals surface area contributed by atoms with Gasteiger partial charge in [0.25, 0.3) is 10.0 Å². The second-order valence-electron chi connectivity index (χ2n) is 6.35. The van der Waals surface area contributed by atoms with Gasteiger partial charge in [0.2, 0.25) is 5.91 Å². The number of amides is 1. The molecule has 0 bridgehead atoms. The lowest BCUT2D eigenvalue weighted by Gasteiger charge is -2.27. The Morgan fingerprint density at radius 3 is 2.67 bits per heavy atom. The maximum atomic E-state index is 13.5. The number of para-hydroxylation sites is 1. The number of anilines is 1. The predicted molar refractivity (Wildman–Crippen MR) is 99.7 cm³/mol. The van der Waals surface area contributed by atoms with Crippen molar-refractivity contribution >= 4 is 21.6 Å². The van der Waals surface area contributed by atoms with E-state index in [1.54, 1.807) is 25.1 Å². The van der Waals surface area contributed by atoms with Crippen molar-refractivity contribution in [2.45, 2.75) is 24.3 Å². The molecule has 0 spiro atoms. The van der Waals surface area contributed by atoms with Crippen LogP contribution in [0, 0.1) is 0 Å². The minimum absolute atomic E-state index is 0.0674. The zero-order valence-corrected chi connectivity index (χ0v) is 15.7. The fraction of sp³-hybridized carbons (Fsp3) is 0.316. The summed E-state index contributed by atoms with van der Waals surface area (Å²) < 4.78 is 39.1. The topological polar surface area (TPSA) is 84.9 Å². The lowest BCUT2D eigenvalue weighted by molar-refractivity contribution is -0.121. The van der Waals surface area contributed by atoms with Gasteiger partial charge in [-0.25, -0.2) is 8.42 Å². The van der Waals surface area contributed by atoms with Crippen molar-refractivity contribution in [3.8, 4) is 11.5 Å². The van der Waals surface area contributed by atoms with Crippen molar-refractivity contribution in [3.05, 3.63) is 48.0 Å². The highest BCUT2D eigenvalue weighted by molar-refractivity contribution is 7.93. The van der Waals surface area contributed by atoms with Gasteiger partial charge in [0, 0.05) is 19.0 Å². The summed E-state index contributed by atoms with van der Waals surface area (Å²) in [5.41, 5.74) is 1.36. The van der Waals surface area contributed by atoms with Gasteiger partial charge in [0.1, 0.15) is 19.3 Å². The van der Waals surface area contributed by atoms with Gasteiger partial charge in [-0.05, 0) is 30.7 Å². The lowest BCUT2D eigenvalue weighted by Crippen LogP contribution is -2.48. The van der Waals surface area contributed by atoms with Crippen LogP contribution in [0.5, 0.6) is 11.5 Å². The molecule has 27 heavy (non-hydrogen) atoms. The largest absolute Gasteiger partial charge is 0.486 e. The Balaban J connectivity index is 1.79. The molecule has 4 rings (SSSR count). The van der Waals surface area contributed by atoms with Gasteiger partial charge in [-0.1, -0.05) is 18.2 Å². The van der Waals surface area contributed by atoms with Gasteiger partial charge in [0.15, 0.2) is 11.5 Å². The van der Waals surface area contributed by atoms with E-state index in [0.29, 0.717) is 43.4 Å². The molecule has 2 heterocycles. The highest BCUT2D eigenvalue weighted by Gasteiger charge is 2.42. The van der Waals surface area contributed by atoms with Crippen LogP contribution in [0.1, 0.15) is 12.5 Å². The first-order valence-corrected chi connectivity index (χ1v) is 10.3. The van der Waals surface area contributed by atoms with Crippen molar-refractivity contribution in [2.75, 3.05) is 24.1 Å². The minimum Gasteiger partial charge on any atom is -0.486 e. The summed E-state index contributed by atoms with van der Waals surface area (Å²) in [6.07, 6.45) is 0.339. The van der Waals surface area contributed by atoms with E-state index in [2.05, 4.69) is 5.32 Å². The van der Waals surface area contributed by atoms with Gasteiger partial charge in [-0.2, -0.15) is 0 Å². The monoisotopic (exact) mass is 388 g/mol. The first-order chi connectivity index (χ1) is 13.0. The number of hydrogen-bond donors (Lipinski definition) is 1. The van der Waals surface area contributed by atoms with Crippen LogP contribution in [0.15, 0.2) is 47.4 Å². The fourth-order valence-electron chi connectivity index (χ4n) is 3.44. The number of nitrogens with one attached hydrogen (secondary N) is 1. The highest BCUT2D eigenvalue weighted by atomic mass is 32.2. The van der Waals surface area contributed by atoms with Crippen LogP contribution in [-0.4, -0.2) is 40.1 Å². The van der Waals surface area contributed by atoms with Crippen LogP contribution >= 0.6 is 0 Å². The van der Waals surface area contributed by atoms with Gasteiger partial charge >= 0.3 is 0 Å². The quantitative estimate of drug-likeness (QED) is 0.862. The number of carbonyl (C=O) groups excluding carboxylic acids is 1. The number of sulfonamides is 1. The smallest absolute Gasteiger partial charge is 0.265 e. The summed E-state index contributed by atoms with van der Waals surface area (Å²) in [4.78, 5) is 12.6. The van der Waals surface area contributed by atoms with Gasteiger partial charge in [0.05, 0.1) is 10.6 Å². The van der Waals surface area contributed by atoms with Crippen LogP contribution in [-0.2, 0) is 21.2 Å². The summed E-state index contributed by atoms with van der Waals surface area (Å²) in [5.74, 6) is 0.599. The standard InChI is InChI=1S/C19H20N2O5S/c1-2-20-19(22)16-11-13-5-3-4-6-15(13)21(16)27(23,24)14-7-8-17-18(12-14)26-10-9-25-17/h3-8,12,16H,2,9-11H2,1H3,(H,20,22)/t16-/m0/s1. The van der Waals surface area contributed by atoms with E-state index in [-0.39, 0.29) is 10.8 Å². The number of fused-ring (bicyclic) bond motifs is 2. The molecule has 0 saturated heterocycles. The molecule has 0 aliphatic carbocycles. The average molecular weight is 388 g/mol. The van der Waals surface area contributed by atoms with E-state index in [1.807, 2.05) is 12.1 Å². The molecule has 1 N–H and O–H groups in total. The lowest BCUT2D eigenvalue weighted by atomic mass is 10.1. The van der Waals surface area contributed by atoms with Crippen LogP contribution in [0.25, 0.3) is 0 Å². The average Bonchev–Trinajstić information content (AvgIpc) is 3.08. The first kappa shape index (κ1) is 17.7. The molecule has 142 valence electrons. The third-order valence-corrected chi connectivity index (χ3v) is 6.47. The molecule has 2 aliphatic heterocycles. The van der Waals surface area contributed by atoms with Crippen molar-refractivity contribution in [1.29, 1.82) is 0 Å². The Morgan fingerprint density at radius 2 is 1.89 bits per heavy atom. The van der Waals surface area contributed by atoms with E-state index in [0.717, 1.165) is 5.56 Å². The van der Waals surface area contributed by atoms with Crippen molar-refractivity contribution in [1.82, 2.24) is 5.32 Å². The second-order valence-corrected chi connectivity index (χ2v) is 8.16. The summed E-state index contributed by atoms with van der Waals surface area (Å²) in [6, 6.07) is 10.9. The molecule has 0 unspecified atom stereocenters. The second kappa shape index (κ2) is 6.77. The Morgan fingerprint density at radius 1 is 1.15 bits per heavy atom. The molecule has 0 saturated carbocycles. The number of nitrogens with zero attached hydrogens (tertiary/aromatic N) is 1. The molecular weight excluding hydrogens is 368 g/mol. The molecule has 8 heteroatoms. The number of rotatable bonds is 4. The normalized spacial score (nSPS) is 18.1. The zero-order valence-electron chi connectivity index (χ0n) is 14.8. The maximum absolute atomic E-state index is 13.5. The Kier molecular flexibility index (Phi) is 4.43. The molecule has 2 aromatic carbocycles. The Labute approximate surface area is 157 Å². The number of benzene rings is 2. The first-order valence-electron chi connectivity index (χ1n) is 8.82. The van der Waals surface area contributed by atoms with E-state index in [1.165, 1.54) is 16.4 Å². The summed E-state index contributed by atoms with van der Waals surface area (Å²) >= 11 is 0. The van der Waals surface area contributed by atoms with E-state index in [9.17, 15) is 13.2 Å². The summed E-state index contributed by atoms with van der Waals surface area (Å²) in [5, 5.41) is 2.74. The molecule has 0 aromatic heterocycles. The Hall–Kier alpha value is -2.74. The number of hydrogen-bond acceptors (Lipinski definition) is 5. The fourth-order valence-corrected chi connectivity index (χ4v) is 5.11. The van der Waals surface area contributed by atoms with Crippen molar-refractivity contribution in [2.24, 2.45) is 0 Å². The molecule has 2 aliphatic rings. The number of ether oxygens (including phenoxy) is 2. The third kappa shape index (κ3) is 2.99. The van der Waals surface area contributed by atoms with Crippen LogP contribution < -0.4 is 19.1 Å².